The number of aromatic nitrogens is 2. The molecule has 0 spiro atoms. The van der Waals surface area contributed by atoms with E-state index < -0.39 is 23.1 Å². The summed E-state index contributed by atoms with van der Waals surface area (Å²) in [6, 6.07) is 6.78. The minimum atomic E-state index is -0.721. The number of hydrogen-bond acceptors (Lipinski definition) is 5. The zero-order valence-corrected chi connectivity index (χ0v) is 14.6. The molecule has 1 aromatic heterocycles. The summed E-state index contributed by atoms with van der Waals surface area (Å²) in [7, 11) is 0. The van der Waals surface area contributed by atoms with E-state index in [0.29, 0.717) is 16.3 Å². The van der Waals surface area contributed by atoms with Crippen LogP contribution in [-0.4, -0.2) is 22.5 Å². The molecular weight excluding hydrogens is 358 g/mol. The van der Waals surface area contributed by atoms with E-state index in [9.17, 15) is 14.4 Å². The van der Waals surface area contributed by atoms with Crippen LogP contribution in [0.5, 0.6) is 0 Å². The third-order valence-corrected chi connectivity index (χ3v) is 4.28. The van der Waals surface area contributed by atoms with Crippen molar-refractivity contribution in [3.05, 3.63) is 85.2 Å². The molecule has 3 N–H and O–H groups in total. The van der Waals surface area contributed by atoms with E-state index in [1.807, 2.05) is 0 Å². The van der Waals surface area contributed by atoms with Crippen molar-refractivity contribution in [1.29, 1.82) is 0 Å². The Morgan fingerprint density at radius 3 is 2.62 bits per heavy atom. The van der Waals surface area contributed by atoms with Crippen LogP contribution in [0.2, 0.25) is 5.02 Å². The highest BCUT2D eigenvalue weighted by atomic mass is 35.5. The molecule has 0 aliphatic carbocycles. The van der Waals surface area contributed by atoms with Gasteiger partial charge in [-0.25, -0.2) is 9.59 Å². The van der Waals surface area contributed by atoms with Crippen LogP contribution in [0.25, 0.3) is 0 Å². The van der Waals surface area contributed by atoms with Crippen molar-refractivity contribution in [3.8, 4) is 0 Å². The Hall–Kier alpha value is -3.06. The van der Waals surface area contributed by atoms with Crippen molar-refractivity contribution < 1.29 is 9.53 Å². The summed E-state index contributed by atoms with van der Waals surface area (Å²) in [5.74, 6) is -1.05. The molecule has 0 radical (unpaired) electrons. The molecule has 1 unspecified atom stereocenters. The Morgan fingerprint density at radius 2 is 1.96 bits per heavy atom. The highest BCUT2D eigenvalue weighted by Crippen LogP contribution is 2.39. The van der Waals surface area contributed by atoms with E-state index in [1.54, 1.807) is 31.2 Å². The summed E-state index contributed by atoms with van der Waals surface area (Å²) in [6.07, 6.45) is 1.46. The lowest BCUT2D eigenvalue weighted by Gasteiger charge is -2.28. The first-order chi connectivity index (χ1) is 12.4. The number of rotatable bonds is 4. The molecule has 0 bridgehead atoms. The van der Waals surface area contributed by atoms with Crippen LogP contribution in [0.15, 0.2) is 57.8 Å². The molecule has 7 nitrogen and oxygen atoms in total. The largest absolute Gasteiger partial charge is 0.458 e. The Labute approximate surface area is 153 Å². The van der Waals surface area contributed by atoms with Crippen LogP contribution >= 0.6 is 11.6 Å². The van der Waals surface area contributed by atoms with Gasteiger partial charge in [-0.3, -0.25) is 14.8 Å². The number of esters is 1. The van der Waals surface area contributed by atoms with Crippen LogP contribution in [0.1, 0.15) is 24.0 Å². The van der Waals surface area contributed by atoms with Gasteiger partial charge in [0, 0.05) is 10.7 Å². The van der Waals surface area contributed by atoms with E-state index in [0.717, 1.165) is 0 Å². The zero-order valence-electron chi connectivity index (χ0n) is 13.9. The number of hydrogen-bond donors (Lipinski definition) is 3. The predicted molar refractivity (Wildman–Crippen MR) is 98.5 cm³/mol. The Morgan fingerprint density at radius 1 is 1.27 bits per heavy atom. The molecule has 1 aliphatic heterocycles. The maximum absolute atomic E-state index is 12.6. The number of allylic oxidation sites excluding steroid dienone is 1. The zero-order chi connectivity index (χ0) is 18.8. The first-order valence-electron chi connectivity index (χ1n) is 7.80. The Balaban J connectivity index is 2.23. The van der Waals surface area contributed by atoms with E-state index >= 15 is 0 Å². The van der Waals surface area contributed by atoms with Crippen molar-refractivity contribution in [2.45, 2.75) is 12.8 Å². The lowest BCUT2D eigenvalue weighted by Crippen LogP contribution is -2.35. The summed E-state index contributed by atoms with van der Waals surface area (Å²) < 4.78 is 5.19. The lowest BCUT2D eigenvalue weighted by atomic mass is 9.82. The van der Waals surface area contributed by atoms with E-state index in [4.69, 9.17) is 16.3 Å². The lowest BCUT2D eigenvalue weighted by molar-refractivity contribution is -0.138. The van der Waals surface area contributed by atoms with E-state index in [-0.39, 0.29) is 23.6 Å². The number of nitrogens with one attached hydrogen (secondary N) is 3. The molecule has 1 atom stereocenters. The normalized spacial score (nSPS) is 15.8. The molecule has 3 rings (SSSR count). The summed E-state index contributed by atoms with van der Waals surface area (Å²) in [5, 5.41) is 3.43. The molecule has 134 valence electrons. The molecular formula is C18H16ClN3O4. The van der Waals surface area contributed by atoms with Crippen LogP contribution < -0.4 is 16.6 Å². The van der Waals surface area contributed by atoms with Crippen LogP contribution in [0, 0.1) is 0 Å². The molecule has 2 aromatic rings. The molecule has 2 heterocycles. The SMILES string of the molecule is C=CCOC(=O)C1=C(C)Nc2[nH]c(=O)[nH]c(=O)c2C1c1ccc(Cl)cc1. The molecule has 0 fully saturated rings. The number of anilines is 1. The number of aromatic amines is 2. The molecule has 26 heavy (non-hydrogen) atoms. The first kappa shape index (κ1) is 17.8. The molecule has 1 aliphatic rings. The fourth-order valence-corrected chi connectivity index (χ4v) is 3.08. The highest BCUT2D eigenvalue weighted by molar-refractivity contribution is 6.30. The number of halogens is 1. The minimum Gasteiger partial charge on any atom is -0.458 e. The standard InChI is InChI=1S/C18H16ClN3O4/c1-3-8-26-17(24)12-9(2)20-15-14(16(23)22-18(25)21-15)13(12)10-4-6-11(19)7-5-10/h3-7,13H,1,8H2,2H3,(H3,20,21,22,23,25). The minimum absolute atomic E-state index is 0.0395. The van der Waals surface area contributed by atoms with Gasteiger partial charge in [-0.15, -0.1) is 0 Å². The second-order valence-electron chi connectivity index (χ2n) is 5.73. The number of carbonyl (C=O) groups excluding carboxylic acids is 1. The van der Waals surface area contributed by atoms with Gasteiger partial charge in [0.2, 0.25) is 0 Å². The van der Waals surface area contributed by atoms with Gasteiger partial charge in [0.15, 0.2) is 0 Å². The highest BCUT2D eigenvalue weighted by Gasteiger charge is 2.35. The van der Waals surface area contributed by atoms with Gasteiger partial charge in [-0.2, -0.15) is 0 Å². The molecule has 0 saturated carbocycles. The number of benzene rings is 1. The Bertz CT molecular complexity index is 1020. The molecule has 0 saturated heterocycles. The smallest absolute Gasteiger partial charge is 0.337 e. The Kier molecular flexibility index (Phi) is 4.81. The van der Waals surface area contributed by atoms with Crippen molar-refractivity contribution in [1.82, 2.24) is 9.97 Å². The molecule has 8 heteroatoms. The van der Waals surface area contributed by atoms with Crippen molar-refractivity contribution in [2.75, 3.05) is 11.9 Å². The maximum atomic E-state index is 12.6. The summed E-state index contributed by atoms with van der Waals surface area (Å²) in [6.45, 7) is 5.24. The van der Waals surface area contributed by atoms with Gasteiger partial charge in [-0.05, 0) is 24.6 Å². The maximum Gasteiger partial charge on any atom is 0.337 e. The fraction of sp³-hybridized carbons (Fsp3) is 0.167. The van der Waals surface area contributed by atoms with E-state index in [2.05, 4.69) is 21.9 Å². The number of fused-ring (bicyclic) bond motifs is 1. The second-order valence-corrected chi connectivity index (χ2v) is 6.17. The van der Waals surface area contributed by atoms with Crippen LogP contribution in [0.4, 0.5) is 5.82 Å². The first-order valence-corrected chi connectivity index (χ1v) is 8.18. The van der Waals surface area contributed by atoms with Crippen LogP contribution in [-0.2, 0) is 9.53 Å². The quantitative estimate of drug-likeness (QED) is 0.563. The third kappa shape index (κ3) is 3.21. The van der Waals surface area contributed by atoms with Crippen LogP contribution in [0.3, 0.4) is 0 Å². The average molecular weight is 374 g/mol. The predicted octanol–water partition coefficient (Wildman–Crippen LogP) is 2.28. The molecule has 1 aromatic carbocycles. The summed E-state index contributed by atoms with van der Waals surface area (Å²) >= 11 is 5.96. The van der Waals surface area contributed by atoms with Gasteiger partial charge in [0.25, 0.3) is 5.56 Å². The van der Waals surface area contributed by atoms with Gasteiger partial charge in [0.1, 0.15) is 12.4 Å². The summed E-state index contributed by atoms with van der Waals surface area (Å²) in [5.41, 5.74) is 0.425. The average Bonchev–Trinajstić information content (AvgIpc) is 2.59. The van der Waals surface area contributed by atoms with E-state index in [1.165, 1.54) is 6.08 Å². The summed E-state index contributed by atoms with van der Waals surface area (Å²) in [4.78, 5) is 41.5. The third-order valence-electron chi connectivity index (χ3n) is 4.03. The molecule has 0 amide bonds. The van der Waals surface area contributed by atoms with Crippen molar-refractivity contribution in [3.63, 3.8) is 0 Å². The van der Waals surface area contributed by atoms with Crippen molar-refractivity contribution >= 4 is 23.4 Å². The number of ether oxygens (including phenoxy) is 1. The van der Waals surface area contributed by atoms with Gasteiger partial charge in [0.05, 0.1) is 17.1 Å². The second kappa shape index (κ2) is 7.05. The fourth-order valence-electron chi connectivity index (χ4n) is 2.96. The van der Waals surface area contributed by atoms with Gasteiger partial charge < -0.3 is 10.1 Å². The number of carbonyl (C=O) groups is 1. The van der Waals surface area contributed by atoms with Gasteiger partial charge >= 0.3 is 11.7 Å². The number of H-pyrrole nitrogens is 2. The topological polar surface area (TPSA) is 104 Å². The van der Waals surface area contributed by atoms with Crippen molar-refractivity contribution in [2.24, 2.45) is 0 Å². The monoisotopic (exact) mass is 373 g/mol. The van der Waals surface area contributed by atoms with Gasteiger partial charge in [-0.1, -0.05) is 36.4 Å².